The average Bonchev–Trinajstić information content (AvgIpc) is 2.29. The Labute approximate surface area is 113 Å². The smallest absolute Gasteiger partial charge is 0.365 e. The first-order chi connectivity index (χ1) is 8.81. The predicted molar refractivity (Wildman–Crippen MR) is 68.7 cm³/mol. The van der Waals surface area contributed by atoms with Crippen LogP contribution in [0.4, 0.5) is 0 Å². The van der Waals surface area contributed by atoms with Gasteiger partial charge in [0.2, 0.25) is 0 Å². The van der Waals surface area contributed by atoms with Gasteiger partial charge in [-0.1, -0.05) is 13.8 Å². The van der Waals surface area contributed by atoms with E-state index < -0.39 is 35.9 Å². The van der Waals surface area contributed by atoms with Crippen LogP contribution in [0.3, 0.4) is 0 Å². The molecule has 0 aromatic carbocycles. The third kappa shape index (κ3) is 6.26. The molecule has 0 amide bonds. The second kappa shape index (κ2) is 8.39. The van der Waals surface area contributed by atoms with E-state index in [1.807, 2.05) is 0 Å². The first kappa shape index (κ1) is 18.2. The molecule has 0 unspecified atom stereocenters. The maximum absolute atomic E-state index is 11.7. The van der Waals surface area contributed by atoms with Crippen molar-refractivity contribution in [3.8, 4) is 0 Å². The summed E-state index contributed by atoms with van der Waals surface area (Å²) in [5, 5.41) is 0. The first-order valence-electron chi connectivity index (χ1n) is 5.64. The Morgan fingerprint density at radius 1 is 0.947 bits per heavy atom. The summed E-state index contributed by atoms with van der Waals surface area (Å²) in [5.41, 5.74) is 8.63. The van der Waals surface area contributed by atoms with Crippen molar-refractivity contribution in [2.24, 2.45) is 0 Å². The molecular weight excluding hydrogens is 296 g/mol. The van der Waals surface area contributed by atoms with Gasteiger partial charge in [-0.2, -0.15) is 0 Å². The zero-order valence-electron chi connectivity index (χ0n) is 10.9. The summed E-state index contributed by atoms with van der Waals surface area (Å²) in [6, 6.07) is 0. The molecule has 0 saturated carbocycles. The molecule has 0 bridgehead atoms. The lowest BCUT2D eigenvalue weighted by Gasteiger charge is -2.03. The van der Waals surface area contributed by atoms with Gasteiger partial charge in [0.15, 0.2) is 11.9 Å². The van der Waals surface area contributed by atoms with E-state index in [4.69, 9.17) is 15.0 Å². The molecule has 0 aliphatic rings. The number of sulfone groups is 2. The van der Waals surface area contributed by atoms with E-state index in [1.54, 1.807) is 13.8 Å². The van der Waals surface area contributed by atoms with Gasteiger partial charge in [0.1, 0.15) is 0 Å². The van der Waals surface area contributed by atoms with Gasteiger partial charge in [-0.05, 0) is 12.8 Å². The SMILES string of the molecule is CCCOCS(=O)(=O)C(=[N+]=[N-])S(=O)(=O)COCCC. The highest BCUT2D eigenvalue weighted by atomic mass is 32.3. The highest BCUT2D eigenvalue weighted by Crippen LogP contribution is 2.04. The number of ether oxygens (including phenoxy) is 2. The molecule has 0 spiro atoms. The number of hydrogen-bond acceptors (Lipinski definition) is 6. The van der Waals surface area contributed by atoms with Crippen LogP contribution in [-0.2, 0) is 29.1 Å². The van der Waals surface area contributed by atoms with Gasteiger partial charge in [-0.25, -0.2) is 16.8 Å². The van der Waals surface area contributed by atoms with Crippen LogP contribution >= 0.6 is 0 Å². The number of rotatable bonds is 8. The fraction of sp³-hybridized carbons (Fsp3) is 0.889. The molecular formula is C9H18N2O6S2. The van der Waals surface area contributed by atoms with Crippen molar-refractivity contribution in [1.29, 1.82) is 0 Å². The lowest BCUT2D eigenvalue weighted by Crippen LogP contribution is -2.31. The Kier molecular flexibility index (Phi) is 8.03. The Hall–Kier alpha value is -0.800. The molecule has 0 aliphatic heterocycles. The number of hydrogen-bond donors (Lipinski definition) is 0. The Balaban J connectivity index is 4.96. The van der Waals surface area contributed by atoms with Crippen molar-refractivity contribution in [1.82, 2.24) is 0 Å². The summed E-state index contributed by atoms with van der Waals surface area (Å²) in [4.78, 5) is 2.37. The lowest BCUT2D eigenvalue weighted by atomic mass is 10.5. The van der Waals surface area contributed by atoms with Crippen LogP contribution in [0.2, 0.25) is 0 Å². The molecule has 0 aliphatic carbocycles. The minimum absolute atomic E-state index is 0.157. The van der Waals surface area contributed by atoms with E-state index in [2.05, 4.69) is 4.79 Å². The van der Waals surface area contributed by atoms with Crippen molar-refractivity contribution >= 4 is 24.1 Å². The largest absolute Gasteiger partial charge is 0.499 e. The minimum atomic E-state index is -4.33. The summed E-state index contributed by atoms with van der Waals surface area (Å²) in [5.74, 6) is -1.71. The molecule has 0 saturated heterocycles. The zero-order valence-corrected chi connectivity index (χ0v) is 12.5. The molecule has 0 aromatic heterocycles. The van der Waals surface area contributed by atoms with Crippen LogP contribution in [0.1, 0.15) is 26.7 Å². The fourth-order valence-electron chi connectivity index (χ4n) is 1.04. The maximum Gasteiger partial charge on any atom is 0.499 e. The van der Waals surface area contributed by atoms with Crippen molar-refractivity contribution in [2.45, 2.75) is 26.7 Å². The van der Waals surface area contributed by atoms with Crippen molar-refractivity contribution in [2.75, 3.05) is 25.1 Å². The summed E-state index contributed by atoms with van der Waals surface area (Å²) in [6.07, 6.45) is 1.15. The molecule has 10 heteroatoms. The highest BCUT2D eigenvalue weighted by Gasteiger charge is 2.41. The Morgan fingerprint density at radius 3 is 1.58 bits per heavy atom. The standard InChI is InChI=1S/C9H18N2O6S2/c1-3-5-16-7-18(12,13)9(11-10)19(14,15)8-17-6-4-2/h3-8H2,1-2H3. The fourth-order valence-corrected chi connectivity index (χ4v) is 4.01. The summed E-state index contributed by atoms with van der Waals surface area (Å²) in [7, 11) is -8.66. The van der Waals surface area contributed by atoms with E-state index in [1.165, 1.54) is 0 Å². The third-order valence-corrected chi connectivity index (χ3v) is 5.49. The molecule has 19 heavy (non-hydrogen) atoms. The Bertz CT molecular complexity index is 477. The monoisotopic (exact) mass is 314 g/mol. The molecule has 0 aromatic rings. The third-order valence-electron chi connectivity index (χ3n) is 1.79. The van der Waals surface area contributed by atoms with Gasteiger partial charge in [0.05, 0.1) is 0 Å². The average molecular weight is 314 g/mol. The van der Waals surface area contributed by atoms with Crippen molar-refractivity contribution < 1.29 is 31.1 Å². The van der Waals surface area contributed by atoms with E-state index in [-0.39, 0.29) is 13.2 Å². The molecule has 112 valence electrons. The molecule has 0 fully saturated rings. The molecule has 0 heterocycles. The van der Waals surface area contributed by atoms with Gasteiger partial charge in [0.25, 0.3) is 19.7 Å². The second-order valence-electron chi connectivity index (χ2n) is 3.65. The van der Waals surface area contributed by atoms with Crippen LogP contribution in [0.15, 0.2) is 0 Å². The van der Waals surface area contributed by atoms with Gasteiger partial charge >= 0.3 is 4.38 Å². The topological polar surface area (TPSA) is 123 Å². The number of nitrogens with zero attached hydrogens (tertiary/aromatic N) is 2. The van der Waals surface area contributed by atoms with Crippen LogP contribution in [0, 0.1) is 0 Å². The summed E-state index contributed by atoms with van der Waals surface area (Å²) >= 11 is 0. The molecule has 0 N–H and O–H groups in total. The van der Waals surface area contributed by atoms with Crippen LogP contribution < -0.4 is 0 Å². The summed E-state index contributed by atoms with van der Waals surface area (Å²) < 4.78 is 54.9. The molecule has 0 atom stereocenters. The minimum Gasteiger partial charge on any atom is -0.365 e. The second-order valence-corrected chi connectivity index (χ2v) is 7.61. The van der Waals surface area contributed by atoms with Crippen molar-refractivity contribution in [3.05, 3.63) is 5.53 Å². The first-order valence-corrected chi connectivity index (χ1v) is 8.95. The van der Waals surface area contributed by atoms with E-state index in [0.717, 1.165) is 0 Å². The van der Waals surface area contributed by atoms with Gasteiger partial charge < -0.3 is 15.0 Å². The van der Waals surface area contributed by atoms with Crippen LogP contribution in [-0.4, -0.2) is 51.1 Å². The van der Waals surface area contributed by atoms with Gasteiger partial charge in [-0.3, -0.25) is 0 Å². The zero-order chi connectivity index (χ0) is 14.9. The van der Waals surface area contributed by atoms with Crippen molar-refractivity contribution in [3.63, 3.8) is 0 Å². The van der Waals surface area contributed by atoms with Crippen LogP contribution in [0.25, 0.3) is 5.53 Å². The maximum atomic E-state index is 11.7. The van der Waals surface area contributed by atoms with Gasteiger partial charge in [-0.15, -0.1) is 4.79 Å². The normalized spacial score (nSPS) is 12.1. The van der Waals surface area contributed by atoms with E-state index >= 15 is 0 Å². The summed E-state index contributed by atoms with van der Waals surface area (Å²) in [6.45, 7) is 3.85. The van der Waals surface area contributed by atoms with Gasteiger partial charge in [0, 0.05) is 13.2 Å². The highest BCUT2D eigenvalue weighted by molar-refractivity contribution is 8.30. The molecule has 0 radical (unpaired) electrons. The predicted octanol–water partition coefficient (Wildman–Crippen LogP) is 0.170. The van der Waals surface area contributed by atoms with E-state index in [0.29, 0.717) is 12.8 Å². The molecule has 0 rings (SSSR count). The Morgan fingerprint density at radius 2 is 1.32 bits per heavy atom. The lowest BCUT2D eigenvalue weighted by molar-refractivity contribution is 0.00324. The molecule has 8 nitrogen and oxygen atoms in total. The van der Waals surface area contributed by atoms with E-state index in [9.17, 15) is 16.8 Å². The quantitative estimate of drug-likeness (QED) is 0.207. The van der Waals surface area contributed by atoms with Crippen LogP contribution in [0.5, 0.6) is 0 Å².